The highest BCUT2D eigenvalue weighted by Gasteiger charge is 2.31. The number of nitrogens with one attached hydrogen (secondary N) is 1. The lowest BCUT2D eigenvalue weighted by Crippen LogP contribution is -2.54. The highest BCUT2D eigenvalue weighted by molar-refractivity contribution is 7.13. The summed E-state index contributed by atoms with van der Waals surface area (Å²) < 4.78 is 14.4. The van der Waals surface area contributed by atoms with Crippen LogP contribution < -0.4 is 5.32 Å². The van der Waals surface area contributed by atoms with Crippen molar-refractivity contribution >= 4 is 23.2 Å². The Kier molecular flexibility index (Phi) is 7.34. The van der Waals surface area contributed by atoms with Crippen LogP contribution in [0.1, 0.15) is 39.7 Å². The molecule has 0 aliphatic rings. The maximum Gasteiger partial charge on any atom is 0.247 e. The van der Waals surface area contributed by atoms with Gasteiger partial charge in [-0.2, -0.15) is 4.80 Å². The Morgan fingerprint density at radius 3 is 2.59 bits per heavy atom. The van der Waals surface area contributed by atoms with Crippen molar-refractivity contribution in [2.75, 3.05) is 0 Å². The molecule has 3 rings (SSSR count). The van der Waals surface area contributed by atoms with E-state index in [4.69, 9.17) is 0 Å². The van der Waals surface area contributed by atoms with Gasteiger partial charge in [0.1, 0.15) is 18.4 Å². The maximum atomic E-state index is 14.4. The van der Waals surface area contributed by atoms with E-state index in [0.29, 0.717) is 17.8 Å². The second kappa shape index (κ2) is 9.99. The first-order chi connectivity index (χ1) is 15.2. The fourth-order valence-electron chi connectivity index (χ4n) is 3.21. The molecule has 0 saturated carbocycles. The Bertz CT molecular complexity index is 1060. The maximum absolute atomic E-state index is 14.4. The van der Waals surface area contributed by atoms with Crippen molar-refractivity contribution < 1.29 is 14.0 Å². The molecule has 1 aromatic carbocycles. The molecule has 1 N–H and O–H groups in total. The highest BCUT2D eigenvalue weighted by atomic mass is 32.1. The van der Waals surface area contributed by atoms with Gasteiger partial charge < -0.3 is 10.2 Å². The molecule has 170 valence electrons. The van der Waals surface area contributed by atoms with E-state index < -0.39 is 23.3 Å². The molecule has 3 aromatic rings. The van der Waals surface area contributed by atoms with Gasteiger partial charge in [0.25, 0.3) is 0 Å². The van der Waals surface area contributed by atoms with Crippen LogP contribution in [0.4, 0.5) is 4.39 Å². The quantitative estimate of drug-likeness (QED) is 0.559. The van der Waals surface area contributed by atoms with Crippen LogP contribution in [0.2, 0.25) is 0 Å². The van der Waals surface area contributed by atoms with Gasteiger partial charge in [-0.3, -0.25) is 9.59 Å². The molecule has 1 atom stereocenters. The molecule has 2 heterocycles. The molecule has 8 nitrogen and oxygen atoms in total. The van der Waals surface area contributed by atoms with E-state index in [2.05, 4.69) is 20.7 Å². The van der Waals surface area contributed by atoms with Crippen molar-refractivity contribution in [1.29, 1.82) is 0 Å². The van der Waals surface area contributed by atoms with Crippen molar-refractivity contribution in [3.8, 4) is 10.7 Å². The molecule has 10 heteroatoms. The summed E-state index contributed by atoms with van der Waals surface area (Å²) in [6.07, 6.45) is 0.368. The number of benzene rings is 1. The minimum Gasteiger partial charge on any atom is -0.350 e. The number of halogens is 1. The SMILES string of the molecule is CC[C@@H](C(=O)NC(C)(C)C)N(Cc1ccccc1F)C(=O)Cn1nnc(-c2cccs2)n1. The summed E-state index contributed by atoms with van der Waals surface area (Å²) in [5, 5.41) is 17.1. The number of rotatable bonds is 8. The van der Waals surface area contributed by atoms with E-state index in [1.54, 1.807) is 18.2 Å². The third kappa shape index (κ3) is 5.97. The van der Waals surface area contributed by atoms with Gasteiger partial charge in [-0.25, -0.2) is 4.39 Å². The van der Waals surface area contributed by atoms with Crippen LogP contribution in [0, 0.1) is 5.82 Å². The van der Waals surface area contributed by atoms with Crippen molar-refractivity contribution in [2.45, 2.75) is 58.8 Å². The summed E-state index contributed by atoms with van der Waals surface area (Å²) in [4.78, 5) is 29.7. The van der Waals surface area contributed by atoms with Crippen LogP contribution >= 0.6 is 11.3 Å². The molecule has 0 saturated heterocycles. The zero-order chi connectivity index (χ0) is 23.3. The predicted molar refractivity (Wildman–Crippen MR) is 120 cm³/mol. The van der Waals surface area contributed by atoms with Gasteiger partial charge in [-0.15, -0.1) is 21.5 Å². The summed E-state index contributed by atoms with van der Waals surface area (Å²) in [5.41, 5.74) is -0.144. The minimum atomic E-state index is -0.776. The molecular weight excluding hydrogens is 431 g/mol. The van der Waals surface area contributed by atoms with Gasteiger partial charge in [0.2, 0.25) is 17.6 Å². The Morgan fingerprint density at radius 2 is 1.97 bits per heavy atom. The fourth-order valence-corrected chi connectivity index (χ4v) is 3.86. The molecule has 2 amide bonds. The zero-order valence-corrected chi connectivity index (χ0v) is 19.4. The third-order valence-electron chi connectivity index (χ3n) is 4.65. The summed E-state index contributed by atoms with van der Waals surface area (Å²) >= 11 is 1.47. The van der Waals surface area contributed by atoms with E-state index in [0.717, 1.165) is 4.88 Å². The third-order valence-corrected chi connectivity index (χ3v) is 5.52. The lowest BCUT2D eigenvalue weighted by Gasteiger charge is -2.33. The standard InChI is InChI=1S/C22H27FN6O2S/c1-5-17(21(31)24-22(2,3)4)28(13-15-9-6-7-10-16(15)23)19(30)14-29-26-20(25-27-29)18-11-8-12-32-18/h6-12,17H,5,13-14H2,1-4H3,(H,24,31)/t17-/m0/s1. The van der Waals surface area contributed by atoms with Crippen LogP contribution in [0.3, 0.4) is 0 Å². The Morgan fingerprint density at radius 1 is 1.22 bits per heavy atom. The van der Waals surface area contributed by atoms with Crippen LogP contribution in [-0.2, 0) is 22.7 Å². The van der Waals surface area contributed by atoms with Crippen LogP contribution in [0.25, 0.3) is 10.7 Å². The number of amides is 2. The molecule has 0 bridgehead atoms. The fraction of sp³-hybridized carbons (Fsp3) is 0.409. The second-order valence-corrected chi connectivity index (χ2v) is 9.34. The molecule has 0 fully saturated rings. The lowest BCUT2D eigenvalue weighted by atomic mass is 10.1. The Balaban J connectivity index is 1.86. The molecule has 0 unspecified atom stereocenters. The van der Waals surface area contributed by atoms with Gasteiger partial charge >= 0.3 is 0 Å². The normalized spacial score (nSPS) is 12.4. The number of tetrazole rings is 1. The Hall–Kier alpha value is -3.14. The average molecular weight is 459 g/mol. The largest absolute Gasteiger partial charge is 0.350 e. The van der Waals surface area contributed by atoms with Gasteiger partial charge in [0.05, 0.1) is 4.88 Å². The van der Waals surface area contributed by atoms with Crippen molar-refractivity contribution in [1.82, 2.24) is 30.4 Å². The van der Waals surface area contributed by atoms with E-state index in [9.17, 15) is 14.0 Å². The topological polar surface area (TPSA) is 93.0 Å². The predicted octanol–water partition coefficient (Wildman–Crippen LogP) is 3.26. The number of nitrogens with zero attached hydrogens (tertiary/aromatic N) is 5. The van der Waals surface area contributed by atoms with Crippen LogP contribution in [0.15, 0.2) is 41.8 Å². The molecule has 32 heavy (non-hydrogen) atoms. The van der Waals surface area contributed by atoms with Gasteiger partial charge in [0.15, 0.2) is 0 Å². The second-order valence-electron chi connectivity index (χ2n) is 8.40. The summed E-state index contributed by atoms with van der Waals surface area (Å²) in [6.45, 7) is 7.15. The number of aromatic nitrogens is 4. The summed E-state index contributed by atoms with van der Waals surface area (Å²) in [6, 6.07) is 9.18. The Labute approximate surface area is 190 Å². The number of hydrogen-bond acceptors (Lipinski definition) is 6. The first-order valence-electron chi connectivity index (χ1n) is 10.3. The van der Waals surface area contributed by atoms with Gasteiger partial charge in [0, 0.05) is 17.6 Å². The highest BCUT2D eigenvalue weighted by Crippen LogP contribution is 2.20. The van der Waals surface area contributed by atoms with E-state index in [1.165, 1.54) is 27.1 Å². The van der Waals surface area contributed by atoms with E-state index in [1.807, 2.05) is 45.2 Å². The number of thiophene rings is 1. The monoisotopic (exact) mass is 458 g/mol. The number of carbonyl (C=O) groups is 2. The van der Waals surface area contributed by atoms with Crippen molar-refractivity contribution in [2.24, 2.45) is 0 Å². The van der Waals surface area contributed by atoms with Gasteiger partial charge in [-0.1, -0.05) is 31.2 Å². The zero-order valence-electron chi connectivity index (χ0n) is 18.6. The molecule has 0 aliphatic heterocycles. The average Bonchev–Trinajstić information content (AvgIpc) is 3.39. The number of carbonyl (C=O) groups excluding carboxylic acids is 2. The summed E-state index contributed by atoms with van der Waals surface area (Å²) in [5.74, 6) is -0.712. The first-order valence-corrected chi connectivity index (χ1v) is 11.2. The summed E-state index contributed by atoms with van der Waals surface area (Å²) in [7, 11) is 0. The molecule has 0 aliphatic carbocycles. The molecule has 2 aromatic heterocycles. The molecular formula is C22H27FN6O2S. The van der Waals surface area contributed by atoms with Crippen LogP contribution in [-0.4, -0.2) is 48.5 Å². The van der Waals surface area contributed by atoms with Crippen LogP contribution in [0.5, 0.6) is 0 Å². The smallest absolute Gasteiger partial charge is 0.247 e. The molecule has 0 radical (unpaired) electrons. The van der Waals surface area contributed by atoms with Crippen molar-refractivity contribution in [3.63, 3.8) is 0 Å². The minimum absolute atomic E-state index is 0.0476. The van der Waals surface area contributed by atoms with Gasteiger partial charge in [-0.05, 0) is 49.9 Å². The lowest BCUT2D eigenvalue weighted by molar-refractivity contribution is -0.142. The van der Waals surface area contributed by atoms with E-state index in [-0.39, 0.29) is 19.0 Å². The number of hydrogen-bond donors (Lipinski definition) is 1. The first kappa shape index (κ1) is 23.5. The van der Waals surface area contributed by atoms with E-state index >= 15 is 0 Å². The van der Waals surface area contributed by atoms with Crippen molar-refractivity contribution in [3.05, 3.63) is 53.2 Å². The molecule has 0 spiro atoms.